The van der Waals surface area contributed by atoms with Crippen LogP contribution in [-0.4, -0.2) is 115 Å². The van der Waals surface area contributed by atoms with Crippen LogP contribution in [0, 0.1) is 11.8 Å². The topological polar surface area (TPSA) is 107 Å². The van der Waals surface area contributed by atoms with Crippen molar-refractivity contribution in [3.63, 3.8) is 0 Å². The lowest BCUT2D eigenvalue weighted by molar-refractivity contribution is -0.143. The molecule has 3 atom stereocenters. The number of amides is 2. The highest BCUT2D eigenvalue weighted by molar-refractivity contribution is 6.33. The van der Waals surface area contributed by atoms with Crippen LogP contribution >= 0.6 is 11.6 Å². The molecule has 2 bridgehead atoms. The number of carbonyl (C=O) groups is 2. The zero-order chi connectivity index (χ0) is 37.3. The van der Waals surface area contributed by atoms with Crippen molar-refractivity contribution in [3.8, 4) is 0 Å². The second-order valence-corrected chi connectivity index (χ2v) is 15.6. The Bertz CT molecular complexity index is 1680. The summed E-state index contributed by atoms with van der Waals surface area (Å²) >= 11 is 6.14. The summed E-state index contributed by atoms with van der Waals surface area (Å²) in [6.07, 6.45) is -1.28. The van der Waals surface area contributed by atoms with Crippen molar-refractivity contribution < 1.29 is 27.5 Å². The van der Waals surface area contributed by atoms with Gasteiger partial charge in [-0.2, -0.15) is 13.2 Å². The Hall–Kier alpha value is -3.81. The lowest BCUT2D eigenvalue weighted by atomic mass is 9.83. The first-order chi connectivity index (χ1) is 25.4. The molecule has 8 rings (SSSR count). The van der Waals surface area contributed by atoms with E-state index in [2.05, 4.69) is 21.7 Å². The van der Waals surface area contributed by atoms with Crippen molar-refractivity contribution in [2.24, 2.45) is 16.8 Å². The molecular formula is C39H49ClF3N7O3. The molecule has 5 saturated heterocycles. The largest absolute Gasteiger partial charge is 0.436 e. The Morgan fingerprint density at radius 3 is 2.30 bits per heavy atom. The van der Waals surface area contributed by atoms with Gasteiger partial charge >= 0.3 is 12.3 Å². The van der Waals surface area contributed by atoms with Gasteiger partial charge in [-0.3, -0.25) is 14.7 Å². The van der Waals surface area contributed by atoms with Crippen LogP contribution in [0.5, 0.6) is 0 Å². The summed E-state index contributed by atoms with van der Waals surface area (Å²) in [7, 11) is 0. The van der Waals surface area contributed by atoms with Crippen molar-refractivity contribution in [2.75, 3.05) is 64.6 Å². The molecule has 0 aliphatic carbocycles. The van der Waals surface area contributed by atoms with Crippen LogP contribution < -0.4 is 11.1 Å². The number of nitrogens with one attached hydrogen (secondary N) is 1. The molecule has 53 heavy (non-hydrogen) atoms. The first kappa shape index (κ1) is 37.5. The quantitative estimate of drug-likeness (QED) is 0.319. The van der Waals surface area contributed by atoms with Crippen LogP contribution in [0.1, 0.15) is 55.2 Å². The van der Waals surface area contributed by atoms with Crippen molar-refractivity contribution in [2.45, 2.75) is 69.3 Å². The van der Waals surface area contributed by atoms with Gasteiger partial charge in [-0.15, -0.1) is 0 Å². The number of amidine groups is 1. The summed E-state index contributed by atoms with van der Waals surface area (Å²) in [5.41, 5.74) is 6.05. The first-order valence-corrected chi connectivity index (χ1v) is 19.3. The average molecular weight is 756 g/mol. The van der Waals surface area contributed by atoms with E-state index < -0.39 is 35.5 Å². The van der Waals surface area contributed by atoms with Crippen LogP contribution in [0.15, 0.2) is 59.7 Å². The first-order valence-electron chi connectivity index (χ1n) is 18.9. The molecule has 6 aliphatic heterocycles. The summed E-state index contributed by atoms with van der Waals surface area (Å²) in [5, 5.41) is 3.05. The molecule has 2 aromatic carbocycles. The molecule has 2 unspecified atom stereocenters. The van der Waals surface area contributed by atoms with Crippen molar-refractivity contribution >= 4 is 35.1 Å². The molecule has 0 saturated carbocycles. The van der Waals surface area contributed by atoms with E-state index >= 15 is 0 Å². The molecule has 2 aromatic rings. The Balaban J connectivity index is 0.974. The Kier molecular flexibility index (Phi) is 11.2. The summed E-state index contributed by atoms with van der Waals surface area (Å²) in [5.74, 6) is 1.46. The standard InChI is InChI=1S/C39H49ClF3N7O3/c1-25-32(46-36(45-25)29-5-3-2-4-6-29)8-7-26-9-15-50(16-10-26)38(52)53-34(23-27-21-30(39(41,42)43)35(44)31(40)22-27)37(51)49-19-17-48(18-20-49)33-24-47-13-11-28(33)12-14-47/h2-6,21-22,26,28,32-34H,1,7-20,23-24,44H2,(H,45,46)/t32?,33?,34-/m1/s1. The van der Waals surface area contributed by atoms with E-state index in [-0.39, 0.29) is 23.0 Å². The molecule has 286 valence electrons. The fourth-order valence-electron chi connectivity index (χ4n) is 8.72. The molecule has 10 nitrogen and oxygen atoms in total. The van der Waals surface area contributed by atoms with Gasteiger partial charge in [0, 0.05) is 69.5 Å². The number of aliphatic imine (C=N–C) groups is 1. The highest BCUT2D eigenvalue weighted by Crippen LogP contribution is 2.38. The second kappa shape index (κ2) is 15.9. The number of likely N-dealkylation sites (tertiary alicyclic amines) is 1. The van der Waals surface area contributed by atoms with Gasteiger partial charge in [0.1, 0.15) is 5.84 Å². The number of piperidine rings is 4. The van der Waals surface area contributed by atoms with Gasteiger partial charge < -0.3 is 30.5 Å². The molecule has 0 aromatic heterocycles. The van der Waals surface area contributed by atoms with E-state index in [1.165, 1.54) is 18.9 Å². The SMILES string of the molecule is C=C1NC(c2ccccc2)=NC1CCC1CCN(C(=O)O[C@H](Cc2cc(Cl)c(N)c(C(F)(F)F)c2)C(=O)N2CCN(C3CN4CCC3CC4)CC2)CC1. The summed E-state index contributed by atoms with van der Waals surface area (Å²) in [6.45, 7) is 10.7. The maximum Gasteiger partial charge on any atom is 0.418 e. The maximum atomic E-state index is 14.1. The average Bonchev–Trinajstić information content (AvgIpc) is 3.55. The molecule has 14 heteroatoms. The fraction of sp³-hybridized carbons (Fsp3) is 0.564. The maximum absolute atomic E-state index is 14.1. The minimum atomic E-state index is -4.74. The lowest BCUT2D eigenvalue weighted by Gasteiger charge is -2.51. The van der Waals surface area contributed by atoms with Gasteiger partial charge in [0.2, 0.25) is 0 Å². The molecule has 5 fully saturated rings. The number of hydrogen-bond acceptors (Lipinski definition) is 8. The van der Waals surface area contributed by atoms with Crippen LogP contribution in [-0.2, 0) is 22.1 Å². The third-order valence-electron chi connectivity index (χ3n) is 11.9. The number of benzene rings is 2. The molecule has 3 N–H and O–H groups in total. The normalized spacial score (nSPS) is 26.0. The number of halogens is 4. The van der Waals surface area contributed by atoms with E-state index in [9.17, 15) is 22.8 Å². The third-order valence-corrected chi connectivity index (χ3v) is 12.2. The second-order valence-electron chi connectivity index (χ2n) is 15.2. The number of fused-ring (bicyclic) bond motifs is 3. The Morgan fingerprint density at radius 1 is 0.962 bits per heavy atom. The predicted molar refractivity (Wildman–Crippen MR) is 199 cm³/mol. The fourth-order valence-corrected chi connectivity index (χ4v) is 8.96. The van der Waals surface area contributed by atoms with E-state index in [0.29, 0.717) is 57.1 Å². The summed E-state index contributed by atoms with van der Waals surface area (Å²) < 4.78 is 47.5. The summed E-state index contributed by atoms with van der Waals surface area (Å²) in [6, 6.07) is 12.6. The zero-order valence-corrected chi connectivity index (χ0v) is 30.8. The van der Waals surface area contributed by atoms with Crippen molar-refractivity contribution in [1.29, 1.82) is 0 Å². The van der Waals surface area contributed by atoms with Crippen molar-refractivity contribution in [1.82, 2.24) is 24.9 Å². The van der Waals surface area contributed by atoms with Crippen LogP contribution in [0.4, 0.5) is 23.7 Å². The highest BCUT2D eigenvalue weighted by Gasteiger charge is 2.41. The predicted octanol–water partition coefficient (Wildman–Crippen LogP) is 5.65. The number of nitrogens with zero attached hydrogens (tertiary/aromatic N) is 5. The van der Waals surface area contributed by atoms with Crippen LogP contribution in [0.25, 0.3) is 0 Å². The Labute approximate surface area is 314 Å². The number of rotatable bonds is 9. The lowest BCUT2D eigenvalue weighted by Crippen LogP contribution is -2.62. The third kappa shape index (κ3) is 8.62. The van der Waals surface area contributed by atoms with Gasteiger partial charge in [0.15, 0.2) is 6.10 Å². The number of ether oxygens (including phenoxy) is 1. The van der Waals surface area contributed by atoms with Gasteiger partial charge in [0.25, 0.3) is 5.91 Å². The number of nitrogen functional groups attached to an aromatic ring is 1. The van der Waals surface area contributed by atoms with Crippen LogP contribution in [0.2, 0.25) is 5.02 Å². The molecule has 0 radical (unpaired) electrons. The number of alkyl halides is 3. The van der Waals surface area contributed by atoms with Crippen LogP contribution in [0.3, 0.4) is 0 Å². The minimum absolute atomic E-state index is 0.0166. The molecular weight excluding hydrogens is 707 g/mol. The van der Waals surface area contributed by atoms with E-state index in [4.69, 9.17) is 27.1 Å². The van der Waals surface area contributed by atoms with E-state index in [1.807, 2.05) is 30.3 Å². The monoisotopic (exact) mass is 755 g/mol. The number of carbonyl (C=O) groups excluding carboxylic acids is 2. The number of anilines is 1. The van der Waals surface area contributed by atoms with Gasteiger partial charge in [0.05, 0.1) is 22.3 Å². The number of hydrogen-bond donors (Lipinski definition) is 2. The van der Waals surface area contributed by atoms with E-state index in [1.54, 1.807) is 9.80 Å². The Morgan fingerprint density at radius 2 is 1.66 bits per heavy atom. The van der Waals surface area contributed by atoms with Gasteiger partial charge in [-0.05, 0) is 81.1 Å². The number of piperazine rings is 1. The highest BCUT2D eigenvalue weighted by atomic mass is 35.5. The van der Waals surface area contributed by atoms with Gasteiger partial charge in [-0.1, -0.05) is 48.5 Å². The zero-order valence-electron chi connectivity index (χ0n) is 30.0. The summed E-state index contributed by atoms with van der Waals surface area (Å²) in [4.78, 5) is 40.8. The molecule has 6 heterocycles. The van der Waals surface area contributed by atoms with E-state index in [0.717, 1.165) is 68.5 Å². The van der Waals surface area contributed by atoms with Gasteiger partial charge in [-0.25, -0.2) is 4.79 Å². The minimum Gasteiger partial charge on any atom is -0.436 e. The number of nitrogens with two attached hydrogens (primary N) is 1. The molecule has 2 amide bonds. The van der Waals surface area contributed by atoms with Crippen molar-refractivity contribution in [3.05, 3.63) is 76.5 Å². The smallest absolute Gasteiger partial charge is 0.418 e. The molecule has 6 aliphatic rings. The molecule has 0 spiro atoms.